The second kappa shape index (κ2) is 6.19. The second-order valence-corrected chi connectivity index (χ2v) is 5.23. The lowest BCUT2D eigenvalue weighted by Gasteiger charge is -2.22. The van der Waals surface area contributed by atoms with Crippen molar-refractivity contribution < 1.29 is 4.74 Å². The van der Waals surface area contributed by atoms with Crippen molar-refractivity contribution in [1.82, 2.24) is 19.9 Å². The van der Waals surface area contributed by atoms with Crippen molar-refractivity contribution in [2.75, 3.05) is 44.1 Å². The van der Waals surface area contributed by atoms with E-state index in [2.05, 4.69) is 51.2 Å². The zero-order valence-corrected chi connectivity index (χ0v) is 12.5. The zero-order valence-electron chi connectivity index (χ0n) is 12.5. The Morgan fingerprint density at radius 2 is 2.10 bits per heavy atom. The molecule has 8 heteroatoms. The molecule has 112 valence electrons. The maximum absolute atomic E-state index is 5.40. The molecule has 3 N–H and O–H groups in total. The quantitative estimate of drug-likeness (QED) is 0.573. The molecule has 8 nitrogen and oxygen atoms in total. The minimum absolute atomic E-state index is 0.298. The number of nitrogens with zero attached hydrogens (tertiary/aromatic N) is 5. The maximum Gasteiger partial charge on any atom is 0.323 e. The van der Waals surface area contributed by atoms with Crippen molar-refractivity contribution in [3.05, 3.63) is 0 Å². The van der Waals surface area contributed by atoms with Crippen LogP contribution in [0.2, 0.25) is 0 Å². The number of hydrazine groups is 1. The van der Waals surface area contributed by atoms with E-state index < -0.39 is 0 Å². The Labute approximate surface area is 119 Å². The topological polar surface area (TPSA) is 92.4 Å². The third-order valence-corrected chi connectivity index (χ3v) is 3.52. The first-order valence-electron chi connectivity index (χ1n) is 6.82. The van der Waals surface area contributed by atoms with Gasteiger partial charge in [0, 0.05) is 19.1 Å². The van der Waals surface area contributed by atoms with E-state index >= 15 is 0 Å². The number of hydrogen-bond acceptors (Lipinski definition) is 8. The van der Waals surface area contributed by atoms with E-state index in [0.29, 0.717) is 36.5 Å². The van der Waals surface area contributed by atoms with E-state index in [1.54, 1.807) is 0 Å². The molecule has 0 aliphatic carbocycles. The summed E-state index contributed by atoms with van der Waals surface area (Å²) in [6.45, 7) is 6.41. The van der Waals surface area contributed by atoms with Gasteiger partial charge in [-0.15, -0.1) is 0 Å². The van der Waals surface area contributed by atoms with Gasteiger partial charge in [0.2, 0.25) is 11.9 Å². The van der Waals surface area contributed by atoms with Crippen LogP contribution in [-0.2, 0) is 0 Å². The lowest BCUT2D eigenvalue weighted by Crippen LogP contribution is -2.34. The standard InChI is InChI=1S/C12H23N7O/c1-5-20-12-15-10(17-13)14-11(16-12)19-6-8(2)9(7-19)18(3)4/h8-9H,5-7,13H2,1-4H3,(H,14,15,16,17). The number of aromatic nitrogens is 3. The van der Waals surface area contributed by atoms with Crippen molar-refractivity contribution in [1.29, 1.82) is 0 Å². The summed E-state index contributed by atoms with van der Waals surface area (Å²) < 4.78 is 5.35. The monoisotopic (exact) mass is 281 g/mol. The number of nitrogens with two attached hydrogens (primary N) is 1. The van der Waals surface area contributed by atoms with Gasteiger partial charge in [-0.25, -0.2) is 5.84 Å². The van der Waals surface area contributed by atoms with E-state index in [0.717, 1.165) is 13.1 Å². The molecule has 0 saturated carbocycles. The molecule has 0 amide bonds. The number of anilines is 2. The highest BCUT2D eigenvalue weighted by molar-refractivity contribution is 5.39. The summed E-state index contributed by atoms with van der Waals surface area (Å²) in [6, 6.07) is 0.781. The van der Waals surface area contributed by atoms with Gasteiger partial charge >= 0.3 is 6.01 Å². The highest BCUT2D eigenvalue weighted by atomic mass is 16.5. The van der Waals surface area contributed by atoms with E-state index in [-0.39, 0.29) is 0 Å². The Morgan fingerprint density at radius 1 is 1.35 bits per heavy atom. The molecule has 0 aromatic carbocycles. The highest BCUT2D eigenvalue weighted by Gasteiger charge is 2.32. The van der Waals surface area contributed by atoms with E-state index in [1.165, 1.54) is 0 Å². The lowest BCUT2D eigenvalue weighted by molar-refractivity contribution is 0.266. The number of nitrogen functional groups attached to an aromatic ring is 1. The lowest BCUT2D eigenvalue weighted by atomic mass is 10.1. The van der Waals surface area contributed by atoms with Crippen LogP contribution in [-0.4, -0.2) is 59.7 Å². The predicted octanol–water partition coefficient (Wildman–Crippen LogP) is -0.0578. The van der Waals surface area contributed by atoms with Crippen LogP contribution >= 0.6 is 0 Å². The summed E-state index contributed by atoms with van der Waals surface area (Å²) >= 11 is 0. The van der Waals surface area contributed by atoms with Crippen LogP contribution in [0, 0.1) is 5.92 Å². The smallest absolute Gasteiger partial charge is 0.323 e. The first-order valence-corrected chi connectivity index (χ1v) is 6.82. The maximum atomic E-state index is 5.40. The molecule has 1 saturated heterocycles. The molecule has 20 heavy (non-hydrogen) atoms. The van der Waals surface area contributed by atoms with Crippen molar-refractivity contribution in [3.8, 4) is 6.01 Å². The number of ether oxygens (including phenoxy) is 1. The molecule has 2 heterocycles. The summed E-state index contributed by atoms with van der Waals surface area (Å²) in [5.74, 6) is 6.87. The van der Waals surface area contributed by atoms with Gasteiger partial charge in [-0.3, -0.25) is 5.43 Å². The Kier molecular flexibility index (Phi) is 4.56. The summed E-state index contributed by atoms with van der Waals surface area (Å²) in [6.07, 6.45) is 0. The molecular formula is C12H23N7O. The molecule has 0 bridgehead atoms. The van der Waals surface area contributed by atoms with Crippen LogP contribution in [0.5, 0.6) is 6.01 Å². The average Bonchev–Trinajstić information content (AvgIpc) is 2.81. The van der Waals surface area contributed by atoms with E-state index in [4.69, 9.17) is 10.6 Å². The molecule has 0 spiro atoms. The Morgan fingerprint density at radius 3 is 2.65 bits per heavy atom. The number of rotatable bonds is 5. The van der Waals surface area contributed by atoms with Gasteiger partial charge in [-0.1, -0.05) is 6.92 Å². The molecule has 1 aliphatic rings. The third kappa shape index (κ3) is 3.07. The number of likely N-dealkylation sites (N-methyl/N-ethyl adjacent to an activating group) is 1. The Balaban J connectivity index is 2.22. The summed E-state index contributed by atoms with van der Waals surface area (Å²) in [4.78, 5) is 17.1. The molecule has 2 unspecified atom stereocenters. The van der Waals surface area contributed by atoms with Crippen LogP contribution in [0.3, 0.4) is 0 Å². The van der Waals surface area contributed by atoms with Gasteiger partial charge in [0.05, 0.1) is 6.61 Å². The fourth-order valence-electron chi connectivity index (χ4n) is 2.53. The van der Waals surface area contributed by atoms with Crippen LogP contribution < -0.4 is 20.9 Å². The minimum Gasteiger partial charge on any atom is -0.464 e. The third-order valence-electron chi connectivity index (χ3n) is 3.52. The highest BCUT2D eigenvalue weighted by Crippen LogP contribution is 2.25. The van der Waals surface area contributed by atoms with Gasteiger partial charge in [0.15, 0.2) is 0 Å². The van der Waals surface area contributed by atoms with Gasteiger partial charge in [-0.05, 0) is 26.9 Å². The number of nitrogens with one attached hydrogen (secondary N) is 1. The van der Waals surface area contributed by atoms with Crippen molar-refractivity contribution >= 4 is 11.9 Å². The predicted molar refractivity (Wildman–Crippen MR) is 77.7 cm³/mol. The fraction of sp³-hybridized carbons (Fsp3) is 0.750. The van der Waals surface area contributed by atoms with E-state index in [1.807, 2.05) is 6.92 Å². The molecular weight excluding hydrogens is 258 g/mol. The molecule has 1 fully saturated rings. The van der Waals surface area contributed by atoms with Crippen molar-refractivity contribution in [2.45, 2.75) is 19.9 Å². The van der Waals surface area contributed by atoms with E-state index in [9.17, 15) is 0 Å². The molecule has 1 aliphatic heterocycles. The van der Waals surface area contributed by atoms with Crippen molar-refractivity contribution in [3.63, 3.8) is 0 Å². The van der Waals surface area contributed by atoms with Crippen molar-refractivity contribution in [2.24, 2.45) is 11.8 Å². The largest absolute Gasteiger partial charge is 0.464 e. The molecule has 1 aromatic rings. The first kappa shape index (κ1) is 14.7. The Hall–Kier alpha value is -1.67. The molecule has 2 atom stereocenters. The summed E-state index contributed by atoms with van der Waals surface area (Å²) in [5.41, 5.74) is 2.46. The molecule has 2 rings (SSSR count). The molecule has 1 aromatic heterocycles. The van der Waals surface area contributed by atoms with Gasteiger partial charge < -0.3 is 14.5 Å². The zero-order chi connectivity index (χ0) is 14.7. The second-order valence-electron chi connectivity index (χ2n) is 5.23. The van der Waals surface area contributed by atoms with Crippen LogP contribution in [0.25, 0.3) is 0 Å². The van der Waals surface area contributed by atoms with Crippen LogP contribution in [0.1, 0.15) is 13.8 Å². The number of hydrogen-bond donors (Lipinski definition) is 2. The fourth-order valence-corrected chi connectivity index (χ4v) is 2.53. The van der Waals surface area contributed by atoms with Gasteiger partial charge in [0.25, 0.3) is 0 Å². The summed E-state index contributed by atoms with van der Waals surface area (Å²) in [5, 5.41) is 0. The van der Waals surface area contributed by atoms with Crippen LogP contribution in [0.15, 0.2) is 0 Å². The average molecular weight is 281 g/mol. The van der Waals surface area contributed by atoms with Gasteiger partial charge in [0.1, 0.15) is 0 Å². The molecule has 0 radical (unpaired) electrons. The minimum atomic E-state index is 0.298. The van der Waals surface area contributed by atoms with Crippen LogP contribution in [0.4, 0.5) is 11.9 Å². The normalized spacial score (nSPS) is 22.4. The first-order chi connectivity index (χ1) is 9.55. The summed E-state index contributed by atoms with van der Waals surface area (Å²) in [7, 11) is 4.19. The SMILES string of the molecule is CCOc1nc(NN)nc(N2CC(C)C(N(C)C)C2)n1. The Bertz CT molecular complexity index is 453. The van der Waals surface area contributed by atoms with Gasteiger partial charge in [-0.2, -0.15) is 15.0 Å².